The Morgan fingerprint density at radius 1 is 1.16 bits per heavy atom. The van der Waals surface area contributed by atoms with Crippen LogP contribution in [-0.4, -0.2) is 53.2 Å². The van der Waals surface area contributed by atoms with Crippen molar-refractivity contribution < 1.29 is 36.2 Å². The third-order valence-electron chi connectivity index (χ3n) is 4.83. The number of carboxylic acid groups (broad SMARTS) is 1. The standard InChI is InChI=1S/C20H20F3NO5S2/c1-19(2)17(18(25)26)24(10-11-30-19)31(27,28)16-8-6-13(7-9-16)14-4-3-5-15(12-14)29-20(21,22)23/h3-9,12,17H,10-11H2,1-2H3,(H,25,26). The number of nitrogens with zero attached hydrogens (tertiary/aromatic N) is 1. The first kappa shape index (κ1) is 23.4. The molecular weight excluding hydrogens is 455 g/mol. The molecule has 11 heteroatoms. The molecule has 1 N–H and O–H groups in total. The van der Waals surface area contributed by atoms with Gasteiger partial charge in [-0.1, -0.05) is 24.3 Å². The summed E-state index contributed by atoms with van der Waals surface area (Å²) in [5.41, 5.74) is 0.889. The molecule has 1 atom stereocenters. The number of halogens is 3. The van der Waals surface area contributed by atoms with Gasteiger partial charge in [0.1, 0.15) is 11.8 Å². The Bertz CT molecular complexity index is 1070. The second-order valence-electron chi connectivity index (χ2n) is 7.41. The number of rotatable bonds is 5. The molecule has 1 aliphatic rings. The Hall–Kier alpha value is -2.24. The molecule has 1 fully saturated rings. The number of thioether (sulfide) groups is 1. The third-order valence-corrected chi connectivity index (χ3v) is 8.06. The zero-order chi connectivity index (χ0) is 23.0. The molecule has 31 heavy (non-hydrogen) atoms. The number of carboxylic acids is 1. The van der Waals surface area contributed by atoms with Gasteiger partial charge >= 0.3 is 12.3 Å². The highest BCUT2D eigenvalue weighted by atomic mass is 32.2. The normalized spacial score (nSPS) is 19.7. The molecule has 0 amide bonds. The van der Waals surface area contributed by atoms with Gasteiger partial charge in [-0.2, -0.15) is 16.1 Å². The van der Waals surface area contributed by atoms with Crippen LogP contribution in [0.3, 0.4) is 0 Å². The van der Waals surface area contributed by atoms with Crippen molar-refractivity contribution in [1.82, 2.24) is 4.31 Å². The minimum absolute atomic E-state index is 0.0615. The van der Waals surface area contributed by atoms with E-state index in [0.717, 1.165) is 10.4 Å². The fourth-order valence-electron chi connectivity index (χ4n) is 3.46. The summed E-state index contributed by atoms with van der Waals surface area (Å²) in [6.07, 6.45) is -4.82. The van der Waals surface area contributed by atoms with Crippen LogP contribution in [0, 0.1) is 0 Å². The highest BCUT2D eigenvalue weighted by Gasteiger charge is 2.48. The van der Waals surface area contributed by atoms with E-state index in [4.69, 9.17) is 0 Å². The molecule has 0 aliphatic carbocycles. The van der Waals surface area contributed by atoms with Crippen molar-refractivity contribution in [2.75, 3.05) is 12.3 Å². The monoisotopic (exact) mass is 475 g/mol. The number of carbonyl (C=O) groups is 1. The minimum atomic E-state index is -4.82. The number of sulfonamides is 1. The van der Waals surface area contributed by atoms with Gasteiger partial charge in [-0.05, 0) is 49.2 Å². The van der Waals surface area contributed by atoms with E-state index in [1.807, 2.05) is 0 Å². The molecule has 1 aliphatic heterocycles. The van der Waals surface area contributed by atoms with E-state index in [-0.39, 0.29) is 17.2 Å². The lowest BCUT2D eigenvalue weighted by molar-refractivity contribution is -0.274. The van der Waals surface area contributed by atoms with Gasteiger partial charge in [-0.3, -0.25) is 4.79 Å². The van der Waals surface area contributed by atoms with Crippen LogP contribution in [-0.2, 0) is 14.8 Å². The summed E-state index contributed by atoms with van der Waals surface area (Å²) in [5, 5.41) is 9.64. The number of benzene rings is 2. The van der Waals surface area contributed by atoms with Gasteiger partial charge < -0.3 is 9.84 Å². The van der Waals surface area contributed by atoms with Gasteiger partial charge in [0.05, 0.1) is 4.90 Å². The Morgan fingerprint density at radius 2 is 1.81 bits per heavy atom. The molecule has 1 unspecified atom stereocenters. The molecule has 1 heterocycles. The highest BCUT2D eigenvalue weighted by Crippen LogP contribution is 2.38. The van der Waals surface area contributed by atoms with Crippen LogP contribution in [0.4, 0.5) is 13.2 Å². The SMILES string of the molecule is CC1(C)SCCN(S(=O)(=O)c2ccc(-c3cccc(OC(F)(F)F)c3)cc2)C1C(=O)O. The molecule has 0 aromatic heterocycles. The van der Waals surface area contributed by atoms with Crippen molar-refractivity contribution in [3.05, 3.63) is 48.5 Å². The average molecular weight is 476 g/mol. The number of hydrogen-bond donors (Lipinski definition) is 1. The predicted octanol–water partition coefficient (Wildman–Crippen LogP) is 4.22. The van der Waals surface area contributed by atoms with Crippen LogP contribution < -0.4 is 4.74 Å². The van der Waals surface area contributed by atoms with Crippen molar-refractivity contribution in [2.24, 2.45) is 0 Å². The van der Waals surface area contributed by atoms with E-state index in [0.29, 0.717) is 16.9 Å². The summed E-state index contributed by atoms with van der Waals surface area (Å²) in [4.78, 5) is 11.7. The van der Waals surface area contributed by atoms with Crippen molar-refractivity contribution in [2.45, 2.75) is 35.9 Å². The van der Waals surface area contributed by atoms with Crippen molar-refractivity contribution in [3.8, 4) is 16.9 Å². The van der Waals surface area contributed by atoms with E-state index >= 15 is 0 Å². The van der Waals surface area contributed by atoms with Crippen LogP contribution in [0.25, 0.3) is 11.1 Å². The molecule has 1 saturated heterocycles. The van der Waals surface area contributed by atoms with Crippen molar-refractivity contribution >= 4 is 27.8 Å². The molecule has 2 aromatic rings. The maximum absolute atomic E-state index is 13.2. The van der Waals surface area contributed by atoms with Crippen molar-refractivity contribution in [1.29, 1.82) is 0 Å². The molecular formula is C20H20F3NO5S2. The number of ether oxygens (including phenoxy) is 1. The van der Waals surface area contributed by atoms with Gasteiger partial charge in [0.25, 0.3) is 0 Å². The molecule has 0 bridgehead atoms. The molecule has 0 saturated carbocycles. The Morgan fingerprint density at radius 3 is 2.39 bits per heavy atom. The van der Waals surface area contributed by atoms with E-state index in [2.05, 4.69) is 4.74 Å². The Labute approximate surface area is 182 Å². The summed E-state index contributed by atoms with van der Waals surface area (Å²) < 4.78 is 67.7. The summed E-state index contributed by atoms with van der Waals surface area (Å²) >= 11 is 1.40. The zero-order valence-electron chi connectivity index (χ0n) is 16.6. The van der Waals surface area contributed by atoms with E-state index < -0.39 is 33.1 Å². The second kappa shape index (κ2) is 8.36. The molecule has 6 nitrogen and oxygen atoms in total. The smallest absolute Gasteiger partial charge is 0.480 e. The molecule has 2 aromatic carbocycles. The van der Waals surface area contributed by atoms with Crippen LogP contribution >= 0.6 is 11.8 Å². The quantitative estimate of drug-likeness (QED) is 0.697. The molecule has 0 radical (unpaired) electrons. The van der Waals surface area contributed by atoms with Crippen molar-refractivity contribution in [3.63, 3.8) is 0 Å². The number of hydrogen-bond acceptors (Lipinski definition) is 5. The van der Waals surface area contributed by atoms with Gasteiger partial charge in [-0.15, -0.1) is 13.2 Å². The number of alkyl halides is 3. The summed E-state index contributed by atoms with van der Waals surface area (Å²) in [5.74, 6) is -1.15. The average Bonchev–Trinajstić information content (AvgIpc) is 2.65. The van der Waals surface area contributed by atoms with Crippen LogP contribution in [0.5, 0.6) is 5.75 Å². The fourth-order valence-corrected chi connectivity index (χ4v) is 6.56. The minimum Gasteiger partial charge on any atom is -0.480 e. The lowest BCUT2D eigenvalue weighted by atomic mass is 10.0. The Balaban J connectivity index is 1.90. The summed E-state index contributed by atoms with van der Waals surface area (Å²) in [6, 6.07) is 9.64. The number of aliphatic carboxylic acids is 1. The lowest BCUT2D eigenvalue weighted by Crippen LogP contribution is -2.58. The first-order valence-electron chi connectivity index (χ1n) is 9.16. The highest BCUT2D eigenvalue weighted by molar-refractivity contribution is 8.00. The fraction of sp³-hybridized carbons (Fsp3) is 0.350. The summed E-state index contributed by atoms with van der Waals surface area (Å²) in [7, 11) is -4.09. The van der Waals surface area contributed by atoms with Gasteiger partial charge in [-0.25, -0.2) is 8.42 Å². The van der Waals surface area contributed by atoms with Gasteiger partial charge in [0, 0.05) is 17.0 Å². The molecule has 0 spiro atoms. The van der Waals surface area contributed by atoms with Crippen LogP contribution in [0.2, 0.25) is 0 Å². The first-order valence-corrected chi connectivity index (χ1v) is 11.6. The Kier molecular flexibility index (Phi) is 6.32. The predicted molar refractivity (Wildman–Crippen MR) is 110 cm³/mol. The van der Waals surface area contributed by atoms with Gasteiger partial charge in [0.2, 0.25) is 10.0 Å². The zero-order valence-corrected chi connectivity index (χ0v) is 18.2. The molecule has 3 rings (SSSR count). The van der Waals surface area contributed by atoms with E-state index in [9.17, 15) is 31.5 Å². The largest absolute Gasteiger partial charge is 0.573 e. The molecule has 168 valence electrons. The second-order valence-corrected chi connectivity index (χ2v) is 11.0. The van der Waals surface area contributed by atoms with Gasteiger partial charge in [0.15, 0.2) is 0 Å². The van der Waals surface area contributed by atoms with Crippen LogP contribution in [0.1, 0.15) is 13.8 Å². The maximum Gasteiger partial charge on any atom is 0.573 e. The topological polar surface area (TPSA) is 83.9 Å². The van der Waals surface area contributed by atoms with E-state index in [1.54, 1.807) is 19.9 Å². The van der Waals surface area contributed by atoms with Crippen LogP contribution in [0.15, 0.2) is 53.4 Å². The first-order chi connectivity index (χ1) is 14.3. The lowest BCUT2D eigenvalue weighted by Gasteiger charge is -2.42. The third kappa shape index (κ3) is 5.16. The maximum atomic E-state index is 13.2. The van der Waals surface area contributed by atoms with E-state index in [1.165, 1.54) is 48.2 Å². The summed E-state index contributed by atoms with van der Waals surface area (Å²) in [6.45, 7) is 3.44.